The minimum Gasteiger partial charge on any atom is -0.340 e. The van der Waals surface area contributed by atoms with Crippen LogP contribution < -0.4 is 10.2 Å². The molecule has 3 heterocycles. The van der Waals surface area contributed by atoms with Gasteiger partial charge in [0.05, 0.1) is 11.4 Å². The molecule has 2 fully saturated rings. The zero-order chi connectivity index (χ0) is 15.8. The van der Waals surface area contributed by atoms with Gasteiger partial charge in [0.25, 0.3) is 0 Å². The van der Waals surface area contributed by atoms with Crippen LogP contribution in [0.4, 0.5) is 5.69 Å². The van der Waals surface area contributed by atoms with Crippen LogP contribution in [0.5, 0.6) is 0 Å². The molecule has 23 heavy (non-hydrogen) atoms. The van der Waals surface area contributed by atoms with Crippen LogP contribution >= 0.6 is 11.8 Å². The molecule has 2 unspecified atom stereocenters. The Hall–Kier alpha value is -1.53. The lowest BCUT2D eigenvalue weighted by atomic mass is 10.1. The third-order valence-corrected chi connectivity index (χ3v) is 6.03. The van der Waals surface area contributed by atoms with Crippen molar-refractivity contribution in [3.63, 3.8) is 0 Å². The van der Waals surface area contributed by atoms with Gasteiger partial charge in [0.1, 0.15) is 6.54 Å². The molecule has 2 saturated heterocycles. The van der Waals surface area contributed by atoms with Crippen molar-refractivity contribution in [2.75, 3.05) is 30.3 Å². The van der Waals surface area contributed by atoms with Crippen LogP contribution in [0, 0.1) is 0 Å². The summed E-state index contributed by atoms with van der Waals surface area (Å²) in [6, 6.07) is 8.82. The first kappa shape index (κ1) is 15.0. The molecule has 1 N–H and O–H groups in total. The van der Waals surface area contributed by atoms with Crippen LogP contribution in [-0.4, -0.2) is 54.2 Å². The maximum absolute atomic E-state index is 12.7. The third kappa shape index (κ3) is 2.97. The van der Waals surface area contributed by atoms with Gasteiger partial charge < -0.3 is 15.1 Å². The molecule has 0 saturated carbocycles. The van der Waals surface area contributed by atoms with Crippen molar-refractivity contribution in [1.29, 1.82) is 0 Å². The first-order valence-corrected chi connectivity index (χ1v) is 9.25. The van der Waals surface area contributed by atoms with E-state index < -0.39 is 0 Å². The van der Waals surface area contributed by atoms with Gasteiger partial charge >= 0.3 is 0 Å². The Labute approximate surface area is 140 Å². The Morgan fingerprint density at radius 3 is 2.96 bits per heavy atom. The highest BCUT2D eigenvalue weighted by atomic mass is 32.2. The molecule has 1 aromatic carbocycles. The molecule has 3 aliphatic heterocycles. The van der Waals surface area contributed by atoms with E-state index in [1.165, 1.54) is 6.42 Å². The van der Waals surface area contributed by atoms with E-state index >= 15 is 0 Å². The number of hydrogen-bond donors (Lipinski definition) is 1. The number of likely N-dealkylation sites (tertiary alicyclic amines) is 1. The fourth-order valence-electron chi connectivity index (χ4n) is 3.73. The third-order valence-electron chi connectivity index (χ3n) is 4.98. The summed E-state index contributed by atoms with van der Waals surface area (Å²) in [6.07, 6.45) is 3.39. The van der Waals surface area contributed by atoms with Crippen LogP contribution in [-0.2, 0) is 9.59 Å². The molecule has 2 amide bonds. The van der Waals surface area contributed by atoms with Crippen LogP contribution in [0.1, 0.15) is 19.3 Å². The van der Waals surface area contributed by atoms with Crippen LogP contribution in [0.25, 0.3) is 0 Å². The number of carbonyl (C=O) groups is 2. The normalized spacial score (nSPS) is 26.9. The number of nitrogens with one attached hydrogen (secondary N) is 1. The minimum absolute atomic E-state index is 0.0246. The van der Waals surface area contributed by atoms with Crippen LogP contribution in [0.3, 0.4) is 0 Å². The van der Waals surface area contributed by atoms with Crippen LogP contribution in [0.15, 0.2) is 29.2 Å². The van der Waals surface area contributed by atoms with E-state index in [1.807, 2.05) is 29.2 Å². The number of rotatable bonds is 2. The SMILES string of the molecule is O=C(CN1C(=O)CSc2ccccc21)N1CCC2CCC(C1)N2. The zero-order valence-corrected chi connectivity index (χ0v) is 13.8. The largest absolute Gasteiger partial charge is 0.340 e. The second kappa shape index (κ2) is 6.17. The molecule has 6 heteroatoms. The predicted molar refractivity (Wildman–Crippen MR) is 90.7 cm³/mol. The van der Waals surface area contributed by atoms with Gasteiger partial charge in [0, 0.05) is 30.1 Å². The van der Waals surface area contributed by atoms with E-state index in [9.17, 15) is 9.59 Å². The summed E-state index contributed by atoms with van der Waals surface area (Å²) < 4.78 is 0. The van der Waals surface area contributed by atoms with E-state index in [0.29, 0.717) is 17.8 Å². The van der Waals surface area contributed by atoms with Crippen molar-refractivity contribution in [2.24, 2.45) is 0 Å². The summed E-state index contributed by atoms with van der Waals surface area (Å²) in [6.45, 7) is 1.73. The summed E-state index contributed by atoms with van der Waals surface area (Å²) in [5, 5.41) is 3.59. The van der Waals surface area contributed by atoms with E-state index in [1.54, 1.807) is 16.7 Å². The lowest BCUT2D eigenvalue weighted by Gasteiger charge is -2.31. The van der Waals surface area contributed by atoms with Crippen molar-refractivity contribution in [3.05, 3.63) is 24.3 Å². The first-order valence-electron chi connectivity index (χ1n) is 8.27. The number of fused-ring (bicyclic) bond motifs is 3. The number of thioether (sulfide) groups is 1. The Kier molecular flexibility index (Phi) is 4.03. The Morgan fingerprint density at radius 1 is 1.22 bits per heavy atom. The molecular formula is C17H21N3O2S. The molecule has 0 aliphatic carbocycles. The Balaban J connectivity index is 1.49. The topological polar surface area (TPSA) is 52.7 Å². The molecule has 122 valence electrons. The summed E-state index contributed by atoms with van der Waals surface area (Å²) >= 11 is 1.55. The van der Waals surface area contributed by atoms with Gasteiger partial charge in [-0.15, -0.1) is 11.8 Å². The summed E-state index contributed by atoms with van der Waals surface area (Å²) in [5.74, 6) is 0.502. The van der Waals surface area contributed by atoms with Gasteiger partial charge in [0.2, 0.25) is 11.8 Å². The van der Waals surface area contributed by atoms with Crippen LogP contribution in [0.2, 0.25) is 0 Å². The number of nitrogens with zero attached hydrogens (tertiary/aromatic N) is 2. The summed E-state index contributed by atoms with van der Waals surface area (Å²) in [4.78, 5) is 29.7. The number of para-hydroxylation sites is 1. The van der Waals surface area contributed by atoms with Gasteiger partial charge in [-0.05, 0) is 31.4 Å². The fraction of sp³-hybridized carbons (Fsp3) is 0.529. The number of carbonyl (C=O) groups excluding carboxylic acids is 2. The summed E-state index contributed by atoms with van der Waals surface area (Å²) in [7, 11) is 0. The average Bonchev–Trinajstić information content (AvgIpc) is 2.89. The molecule has 5 nitrogen and oxygen atoms in total. The lowest BCUT2D eigenvalue weighted by molar-refractivity contribution is -0.131. The second-order valence-corrected chi connectivity index (χ2v) is 7.52. The molecule has 3 aliphatic rings. The lowest BCUT2D eigenvalue weighted by Crippen LogP contribution is -2.47. The van der Waals surface area contributed by atoms with E-state index in [2.05, 4.69) is 5.32 Å². The van der Waals surface area contributed by atoms with Gasteiger partial charge in [-0.2, -0.15) is 0 Å². The highest BCUT2D eigenvalue weighted by Crippen LogP contribution is 2.34. The van der Waals surface area contributed by atoms with Gasteiger partial charge in [-0.1, -0.05) is 12.1 Å². The average molecular weight is 331 g/mol. The van der Waals surface area contributed by atoms with Crippen molar-refractivity contribution >= 4 is 29.3 Å². The quantitative estimate of drug-likeness (QED) is 0.892. The number of benzene rings is 1. The Morgan fingerprint density at radius 2 is 2.04 bits per heavy atom. The van der Waals surface area contributed by atoms with Gasteiger partial charge in [-0.3, -0.25) is 9.59 Å². The standard InChI is InChI=1S/C17H21N3O2S/c21-16(19-8-7-12-5-6-13(9-19)18-12)10-20-14-3-1-2-4-15(14)23-11-17(20)22/h1-4,12-13,18H,5-11H2. The zero-order valence-electron chi connectivity index (χ0n) is 13.0. The van der Waals surface area contributed by atoms with Crippen molar-refractivity contribution in [1.82, 2.24) is 10.2 Å². The van der Waals surface area contributed by atoms with Crippen molar-refractivity contribution in [2.45, 2.75) is 36.2 Å². The predicted octanol–water partition coefficient (Wildman–Crippen LogP) is 1.48. The van der Waals surface area contributed by atoms with E-state index in [4.69, 9.17) is 0 Å². The van der Waals surface area contributed by atoms with E-state index in [-0.39, 0.29) is 18.4 Å². The monoisotopic (exact) mass is 331 g/mol. The van der Waals surface area contributed by atoms with Crippen molar-refractivity contribution in [3.8, 4) is 0 Å². The molecule has 0 aromatic heterocycles. The number of amides is 2. The minimum atomic E-state index is 0.0246. The van der Waals surface area contributed by atoms with Gasteiger partial charge in [-0.25, -0.2) is 0 Å². The Bertz CT molecular complexity index is 636. The number of hydrogen-bond acceptors (Lipinski definition) is 4. The molecule has 2 bridgehead atoms. The smallest absolute Gasteiger partial charge is 0.242 e. The van der Waals surface area contributed by atoms with E-state index in [0.717, 1.165) is 36.5 Å². The first-order chi connectivity index (χ1) is 11.2. The number of anilines is 1. The second-order valence-electron chi connectivity index (χ2n) is 6.50. The molecule has 0 spiro atoms. The molecule has 0 radical (unpaired) electrons. The maximum Gasteiger partial charge on any atom is 0.242 e. The fourth-order valence-corrected chi connectivity index (χ4v) is 4.67. The highest BCUT2D eigenvalue weighted by molar-refractivity contribution is 8.00. The molecular weight excluding hydrogens is 310 g/mol. The van der Waals surface area contributed by atoms with Crippen molar-refractivity contribution < 1.29 is 9.59 Å². The molecule has 2 atom stereocenters. The molecule has 4 rings (SSSR count). The molecule has 1 aromatic rings. The summed E-state index contributed by atoms with van der Waals surface area (Å²) in [5.41, 5.74) is 0.872. The van der Waals surface area contributed by atoms with Gasteiger partial charge in [0.15, 0.2) is 0 Å². The highest BCUT2D eigenvalue weighted by Gasteiger charge is 2.33. The maximum atomic E-state index is 12.7.